The van der Waals surface area contributed by atoms with Crippen LogP contribution in [0.5, 0.6) is 0 Å². The molecule has 2 N–H and O–H groups in total. The Morgan fingerprint density at radius 2 is 0.922 bits per heavy atom. The van der Waals surface area contributed by atoms with Crippen LogP contribution in [0.2, 0.25) is 10.3 Å². The molecule has 0 bridgehead atoms. The van der Waals surface area contributed by atoms with E-state index in [-0.39, 0.29) is 121 Å². The van der Waals surface area contributed by atoms with E-state index in [1.165, 1.54) is 25.3 Å². The molecule has 11 aromatic rings. The van der Waals surface area contributed by atoms with Crippen molar-refractivity contribution < 1.29 is 47.4 Å². The van der Waals surface area contributed by atoms with Crippen LogP contribution in [0, 0.1) is 16.2 Å². The normalized spacial score (nSPS) is 13.2. The number of hydrogen-bond donors (Lipinski definition) is 2. The Labute approximate surface area is 617 Å². The molecule has 2 atom stereocenters. The standard InChI is InChI=1S/C19H25N5O3.C15H17N5O2.C13H23BN2O3.C12H14ClN3O2.C6H4ClN3.7CH4/c1-6-26-13(2)24-10-14(9-22-24)16-15-7-8-23(17(15)21-11-20-16)12-27-18(25)19(3,4)5;1-15(2,3)14(21)22-9-20-5-4-11-12(10-6-18-19-7-10)16-8-17-13(11)20;1-7-17-10(2)16-9-11(8-15-16)14-18-12(3,4)13(5,6)19-14;1-12(2,3)11(17)18-7-16-5-4-8-9(13)14-6-15-10(8)16;7-5-4-1-2-8-6(4)10-3-9-5;;;;;;;/h7-11,13H,6,12H2,1-5H3;4-8H,9H2,1-3H3,(H,18,19);8-10H,7H2,1-6H3;4-6H,7H2,1-3H3;1-3H,(H,8,9,10);7*1H4. The zero-order chi connectivity index (χ0) is 69.9. The monoisotopic (exact) mass is 1470 g/mol. The molecule has 11 aromatic heterocycles. The maximum atomic E-state index is 12.0. The molecule has 28 nitrogen and oxygen atoms in total. The third kappa shape index (κ3) is 23.0. The van der Waals surface area contributed by atoms with Gasteiger partial charge in [-0.3, -0.25) is 33.2 Å². The molecule has 31 heteroatoms. The van der Waals surface area contributed by atoms with Gasteiger partial charge >= 0.3 is 25.0 Å². The van der Waals surface area contributed by atoms with Gasteiger partial charge in [0.2, 0.25) is 0 Å². The Kier molecular flexibility index (Phi) is 34.9. The van der Waals surface area contributed by atoms with Crippen LogP contribution in [0.3, 0.4) is 0 Å². The molecule has 12 rings (SSSR count). The summed E-state index contributed by atoms with van der Waals surface area (Å²) in [5.41, 5.74) is 4.84. The SMILES string of the molecule is C.C.C.C.C.C.C.CC(C)(C)C(=O)OCn1ccc2c(-c3cn[nH]c3)ncnc21.CC(C)(C)C(=O)OCn1ccc2c(Cl)ncnc21.CCOC(C)n1cc(-c2ncnc3c2ccn3COC(=O)C(C)(C)C)cn1.CCOC(C)n1cc(B2OC(C)(C)C(C)(C)O2)cn1.Clc1ncnc2[nH]ccc12. The molecule has 0 radical (unpaired) electrons. The molecule has 0 aromatic carbocycles. The van der Waals surface area contributed by atoms with E-state index in [4.69, 9.17) is 56.2 Å². The number of aromatic amines is 2. The van der Waals surface area contributed by atoms with E-state index >= 15 is 0 Å². The van der Waals surface area contributed by atoms with E-state index in [1.807, 2.05) is 161 Å². The topological polar surface area (TPSA) is 314 Å². The Bertz CT molecular complexity index is 4370. The number of rotatable bonds is 15. The third-order valence-electron chi connectivity index (χ3n) is 15.1. The van der Waals surface area contributed by atoms with Crippen LogP contribution in [-0.2, 0) is 67.6 Å². The van der Waals surface area contributed by atoms with E-state index < -0.39 is 16.2 Å². The highest BCUT2D eigenvalue weighted by atomic mass is 35.5. The molecule has 2 unspecified atom stereocenters. The minimum absolute atomic E-state index is 0. The van der Waals surface area contributed by atoms with Crippen molar-refractivity contribution in [3.8, 4) is 22.5 Å². The maximum Gasteiger partial charge on any atom is 0.498 e. The summed E-state index contributed by atoms with van der Waals surface area (Å²) in [6, 6.07) is 7.46. The van der Waals surface area contributed by atoms with Gasteiger partial charge in [0.15, 0.2) is 20.2 Å². The molecule has 12 heterocycles. The predicted molar refractivity (Wildman–Crippen MR) is 410 cm³/mol. The predicted octanol–water partition coefficient (Wildman–Crippen LogP) is 16.2. The van der Waals surface area contributed by atoms with Gasteiger partial charge < -0.3 is 38.0 Å². The smallest absolute Gasteiger partial charge is 0.443 e. The number of carbonyl (C=O) groups excluding carboxylic acids is 3. The van der Waals surface area contributed by atoms with Crippen molar-refractivity contribution in [1.82, 2.24) is 88.3 Å². The van der Waals surface area contributed by atoms with Gasteiger partial charge in [0.05, 0.1) is 62.0 Å². The molecule has 0 amide bonds. The number of aromatic nitrogens is 18. The lowest BCUT2D eigenvalue weighted by molar-refractivity contribution is -0.157. The lowest BCUT2D eigenvalue weighted by Gasteiger charge is -2.32. The molecular weight excluding hydrogens is 1360 g/mol. The van der Waals surface area contributed by atoms with Crippen molar-refractivity contribution in [2.24, 2.45) is 16.2 Å². The summed E-state index contributed by atoms with van der Waals surface area (Å²) in [5.74, 6) is -0.771. The molecule has 1 saturated heterocycles. The van der Waals surface area contributed by atoms with Crippen molar-refractivity contribution in [1.29, 1.82) is 0 Å². The van der Waals surface area contributed by atoms with Gasteiger partial charge in [0, 0.05) is 90.2 Å². The van der Waals surface area contributed by atoms with Gasteiger partial charge in [-0.2, -0.15) is 15.3 Å². The fourth-order valence-electron chi connectivity index (χ4n) is 8.95. The van der Waals surface area contributed by atoms with Gasteiger partial charge in [-0.1, -0.05) is 75.2 Å². The second kappa shape index (κ2) is 39.0. The molecule has 0 aliphatic carbocycles. The minimum atomic E-state index is -0.547. The van der Waals surface area contributed by atoms with Gasteiger partial charge in [0.1, 0.15) is 70.7 Å². The number of H-pyrrole nitrogens is 2. The average Bonchev–Trinajstić information content (AvgIpc) is 1.64. The number of hydrogen-bond acceptors (Lipinski definition) is 21. The molecule has 1 aliphatic heterocycles. The third-order valence-corrected chi connectivity index (χ3v) is 15.7. The molecule has 0 spiro atoms. The summed E-state index contributed by atoms with van der Waals surface area (Å²) in [6.07, 6.45) is 23.6. The van der Waals surface area contributed by atoms with Crippen molar-refractivity contribution in [3.05, 3.63) is 122 Å². The summed E-state index contributed by atoms with van der Waals surface area (Å²) in [5, 5.41) is 19.6. The number of halogens is 2. The summed E-state index contributed by atoms with van der Waals surface area (Å²) < 4.78 is 47.8. The van der Waals surface area contributed by atoms with Crippen molar-refractivity contribution in [3.63, 3.8) is 0 Å². The highest BCUT2D eigenvalue weighted by Crippen LogP contribution is 2.37. The molecule has 103 heavy (non-hydrogen) atoms. The first-order valence-corrected chi connectivity index (χ1v) is 31.7. The largest absolute Gasteiger partial charge is 0.498 e. The van der Waals surface area contributed by atoms with Gasteiger partial charge in [-0.15, -0.1) is 0 Å². The Morgan fingerprint density at radius 3 is 1.35 bits per heavy atom. The van der Waals surface area contributed by atoms with E-state index in [9.17, 15) is 14.4 Å². The first-order chi connectivity index (χ1) is 45.3. The summed E-state index contributed by atoms with van der Waals surface area (Å²) in [7, 11) is -0.368. The van der Waals surface area contributed by atoms with Crippen LogP contribution in [0.25, 0.3) is 66.6 Å². The maximum absolute atomic E-state index is 12.0. The minimum Gasteiger partial charge on any atom is -0.443 e. The van der Waals surface area contributed by atoms with Crippen LogP contribution >= 0.6 is 23.2 Å². The van der Waals surface area contributed by atoms with Crippen molar-refractivity contribution in [2.75, 3.05) is 13.2 Å². The van der Waals surface area contributed by atoms with Crippen LogP contribution in [0.4, 0.5) is 0 Å². The number of fused-ring (bicyclic) bond motifs is 4. The Hall–Kier alpha value is -9.00. The highest BCUT2D eigenvalue weighted by molar-refractivity contribution is 6.62. The highest BCUT2D eigenvalue weighted by Gasteiger charge is 2.52. The van der Waals surface area contributed by atoms with Gasteiger partial charge in [-0.25, -0.2) is 49.2 Å². The average molecular weight is 1470 g/mol. The molecule has 566 valence electrons. The van der Waals surface area contributed by atoms with E-state index in [2.05, 4.69) is 65.3 Å². The zero-order valence-corrected chi connectivity index (χ0v) is 58.7. The number of esters is 3. The number of carbonyl (C=O) groups is 3. The quantitative estimate of drug-likeness (QED) is 0.0417. The van der Waals surface area contributed by atoms with Crippen LogP contribution in [0.1, 0.15) is 182 Å². The van der Waals surface area contributed by atoms with Gasteiger partial charge in [0.25, 0.3) is 0 Å². The molecule has 1 fully saturated rings. The van der Waals surface area contributed by atoms with E-state index in [1.54, 1.807) is 66.3 Å². The number of ether oxygens (including phenoxy) is 5. The second-order valence-electron chi connectivity index (χ2n) is 26.2. The van der Waals surface area contributed by atoms with E-state index in [0.29, 0.717) is 40.5 Å². The molecular formula is C72H111BCl2N18O10. The summed E-state index contributed by atoms with van der Waals surface area (Å²) >= 11 is 11.7. The first kappa shape index (κ1) is 92.0. The lowest BCUT2D eigenvalue weighted by atomic mass is 9.82. The Balaban J connectivity index is 0.000000648. The lowest BCUT2D eigenvalue weighted by Crippen LogP contribution is -2.41. The second-order valence-corrected chi connectivity index (χ2v) is 26.9. The molecule has 1 aliphatic rings. The number of nitrogens with one attached hydrogen (secondary N) is 2. The van der Waals surface area contributed by atoms with Crippen LogP contribution in [-0.4, -0.2) is 138 Å². The van der Waals surface area contributed by atoms with Crippen molar-refractivity contribution >= 4 is 97.8 Å². The van der Waals surface area contributed by atoms with Crippen molar-refractivity contribution in [2.45, 2.75) is 214 Å². The molecule has 0 saturated carbocycles. The fourth-order valence-corrected chi connectivity index (χ4v) is 9.34. The fraction of sp³-hybridized carbons (Fsp3) is 0.500. The Morgan fingerprint density at radius 1 is 0.524 bits per heavy atom. The number of nitrogens with zero attached hydrogens (tertiary/aromatic N) is 16. The van der Waals surface area contributed by atoms with Crippen LogP contribution < -0.4 is 5.46 Å². The summed E-state index contributed by atoms with van der Waals surface area (Å²) in [4.78, 5) is 71.6. The zero-order valence-electron chi connectivity index (χ0n) is 57.2. The van der Waals surface area contributed by atoms with Gasteiger partial charge in [-0.05, 0) is 142 Å². The first-order valence-electron chi connectivity index (χ1n) is 31.0. The van der Waals surface area contributed by atoms with Crippen LogP contribution in [0.15, 0.2) is 112 Å². The van der Waals surface area contributed by atoms with E-state index in [0.717, 1.165) is 55.2 Å². The summed E-state index contributed by atoms with van der Waals surface area (Å²) in [6.45, 7) is 34.0.